The van der Waals surface area contributed by atoms with Gasteiger partial charge in [-0.2, -0.15) is 71.2 Å². The van der Waals surface area contributed by atoms with Gasteiger partial charge in [0.2, 0.25) is 0 Å². The molecule has 0 aliphatic carbocycles. The molecule has 4 aromatic rings. The molecule has 0 saturated carbocycles. The molecule has 0 radical (unpaired) electrons. The first-order chi connectivity index (χ1) is 43.4. The first kappa shape index (κ1) is 86.3. The van der Waals surface area contributed by atoms with E-state index in [9.17, 15) is 57.1 Å². The zero-order valence-corrected chi connectivity index (χ0v) is 61.1. The third kappa shape index (κ3) is 29.3. The van der Waals surface area contributed by atoms with E-state index < -0.39 is 47.2 Å². The van der Waals surface area contributed by atoms with Gasteiger partial charge in [0.1, 0.15) is 23.0 Å². The maximum Gasteiger partial charge on any atom is 1.00 e. The molecule has 2 aliphatic rings. The number of carbonyl (C=O) groups is 1. The minimum Gasteiger partial charge on any atom is -0.857 e. The van der Waals surface area contributed by atoms with Crippen molar-refractivity contribution in [2.24, 2.45) is 0 Å². The summed E-state index contributed by atoms with van der Waals surface area (Å²) in [5.74, 6) is -2.03. The Bertz CT molecular complexity index is 2860. The molecule has 0 N–H and O–H groups in total. The van der Waals surface area contributed by atoms with Crippen LogP contribution in [-0.4, -0.2) is 141 Å². The van der Waals surface area contributed by atoms with E-state index in [1.54, 1.807) is 28.4 Å². The number of methoxy groups -OCH3 is 4. The van der Waals surface area contributed by atoms with Gasteiger partial charge in [-0.1, -0.05) is 68.4 Å². The molecule has 0 saturated heterocycles. The molecule has 27 heteroatoms. The van der Waals surface area contributed by atoms with Crippen LogP contribution in [0.15, 0.2) is 94.7 Å². The van der Waals surface area contributed by atoms with Crippen molar-refractivity contribution in [2.75, 3.05) is 104 Å². The number of carbonyl (C=O) groups excluding carboxylic acids is 1. The summed E-state index contributed by atoms with van der Waals surface area (Å²) in [6.07, 6.45) is -3.58. The Morgan fingerprint density at radius 1 is 0.527 bits per heavy atom. The van der Waals surface area contributed by atoms with Gasteiger partial charge in [-0.3, -0.25) is 8.98 Å². The van der Waals surface area contributed by atoms with Crippen molar-refractivity contribution in [3.63, 3.8) is 0 Å². The molecule has 93 heavy (non-hydrogen) atoms. The molecular weight excluding hydrogens is 1340 g/mol. The zero-order chi connectivity index (χ0) is 68.7. The molecule has 0 bridgehead atoms. The van der Waals surface area contributed by atoms with Crippen LogP contribution in [0.5, 0.6) is 23.0 Å². The first-order valence-electron chi connectivity index (χ1n) is 30.4. The summed E-state index contributed by atoms with van der Waals surface area (Å²) < 4.78 is 182. The third-order valence-electron chi connectivity index (χ3n) is 15.7. The van der Waals surface area contributed by atoms with Crippen molar-refractivity contribution in [1.82, 2.24) is 0 Å². The Hall–Kier alpha value is -2.76. The Balaban J connectivity index is 0.000000514. The van der Waals surface area contributed by atoms with Crippen molar-refractivity contribution in [1.29, 1.82) is 0 Å². The van der Waals surface area contributed by atoms with Gasteiger partial charge in [-0.05, 0) is 165 Å². The van der Waals surface area contributed by atoms with Crippen molar-refractivity contribution >= 4 is 62.3 Å². The number of benzene rings is 4. The maximum absolute atomic E-state index is 12.9. The summed E-state index contributed by atoms with van der Waals surface area (Å²) in [5, 5.41) is 7.96. The molecule has 0 spiro atoms. The van der Waals surface area contributed by atoms with Crippen molar-refractivity contribution in [3.8, 4) is 23.0 Å². The third-order valence-corrected chi connectivity index (χ3v) is 21.2. The summed E-state index contributed by atoms with van der Waals surface area (Å²) in [6.45, 7) is 8.93. The topological polar surface area (TPSA) is 139 Å². The second-order valence-electron chi connectivity index (χ2n) is 22.5. The van der Waals surface area contributed by atoms with Crippen LogP contribution in [0.1, 0.15) is 145 Å². The van der Waals surface area contributed by atoms with Gasteiger partial charge in [0.05, 0.1) is 41.3 Å². The van der Waals surface area contributed by atoms with E-state index >= 15 is 0 Å². The molecule has 522 valence electrons. The van der Waals surface area contributed by atoms with E-state index in [1.165, 1.54) is 50.7 Å². The van der Waals surface area contributed by atoms with Crippen LogP contribution in [0, 0.1) is 0 Å². The summed E-state index contributed by atoms with van der Waals surface area (Å²) in [6, 6.07) is 29.7. The number of unbranched alkanes of at least 4 members (excludes halogenated alkanes) is 4. The second-order valence-corrected chi connectivity index (χ2v) is 28.7. The number of rotatable bonds is 35. The minimum atomic E-state index is -5.49. The fraction of sp³-hybridized carbons (Fsp3) is 0.621. The van der Waals surface area contributed by atoms with Crippen molar-refractivity contribution in [3.05, 3.63) is 107 Å². The normalized spacial score (nSPS) is 17.9. The number of halogens is 10. The minimum absolute atomic E-state index is 0. The molecule has 6 rings (SSSR count). The van der Waals surface area contributed by atoms with Gasteiger partial charge in [0.25, 0.3) is 10.1 Å². The van der Waals surface area contributed by atoms with E-state index in [4.69, 9.17) is 37.7 Å². The number of fused-ring (bicyclic) bond motifs is 2. The smallest absolute Gasteiger partial charge is 0.857 e. The Labute approximate surface area is 583 Å². The molecule has 0 amide bonds. The number of ether oxygens (including phenoxy) is 6. The van der Waals surface area contributed by atoms with E-state index in [0.717, 1.165) is 130 Å². The largest absolute Gasteiger partial charge is 1.00 e. The number of alkyl halides is 10. The molecule has 0 unspecified atom stereocenters. The fourth-order valence-corrected chi connectivity index (χ4v) is 15.2. The van der Waals surface area contributed by atoms with Gasteiger partial charge < -0.3 is 33.5 Å². The van der Waals surface area contributed by atoms with Gasteiger partial charge >= 0.3 is 53.8 Å². The van der Waals surface area contributed by atoms with Crippen molar-refractivity contribution in [2.45, 2.75) is 167 Å². The molecule has 2 heterocycles. The second kappa shape index (κ2) is 42.9. The number of thioether (sulfide) groups is 4. The Kier molecular flexibility index (Phi) is 39.8. The standard InChI is InChI=1S/C31H41F5O3S2.C27H38O6S2.C7H9F5OS.CH3O.Na/c1-29(23-10-12-24(37-2)13-11-23)22-41-28-21-25(38-3)14-15-26(28)27(29)9-7-18-39-17-5-4-6-19-40-20-8-16-30(32,33)31(34,35)36;1-27(21-10-12-22(30-2)13-11-21)20-34-26-19-23(31-3)14-15-24(26)25(27)9-8-17-32-16-6-5-7-18-33-35(4,28)29;1-5(13)14-4-2-3-6(8,9)7(10,11)12;1-2;/h10-15,21,27H,4-9,16-20,22H2,1-3H3;10-15,19,25H,5-9,16-18,20H2,1-4H3;2-4H2,1H3;1H3;/q;;;-1;+1/t27-,29-;25-,27-;;;/m11.../s1. The van der Waals surface area contributed by atoms with Crippen LogP contribution in [0.4, 0.5) is 43.9 Å². The van der Waals surface area contributed by atoms with Gasteiger partial charge in [0.15, 0.2) is 5.12 Å². The van der Waals surface area contributed by atoms with Crippen LogP contribution in [0.2, 0.25) is 0 Å². The average molecular weight is 1430 g/mol. The molecule has 2 aliphatic heterocycles. The van der Waals surface area contributed by atoms with Crippen LogP contribution in [0.3, 0.4) is 0 Å². The van der Waals surface area contributed by atoms with Crippen LogP contribution >= 0.6 is 47.0 Å². The predicted octanol–water partition coefficient (Wildman–Crippen LogP) is 14.5. The van der Waals surface area contributed by atoms with Crippen LogP contribution in [-0.2, 0) is 39.4 Å². The molecule has 4 aromatic carbocycles. The summed E-state index contributed by atoms with van der Waals surface area (Å²) >= 11 is 5.95. The van der Waals surface area contributed by atoms with Gasteiger partial charge in [0, 0.05) is 84.1 Å². The number of hydrogen-bond acceptors (Lipinski definition) is 15. The van der Waals surface area contributed by atoms with E-state index in [1.807, 2.05) is 41.7 Å². The Morgan fingerprint density at radius 2 is 0.882 bits per heavy atom. The summed E-state index contributed by atoms with van der Waals surface area (Å²) in [4.78, 5) is 12.9. The zero-order valence-electron chi connectivity index (χ0n) is 55.0. The maximum atomic E-state index is 12.9. The van der Waals surface area contributed by atoms with E-state index in [-0.39, 0.29) is 70.7 Å². The van der Waals surface area contributed by atoms with Gasteiger partial charge in [-0.25, -0.2) is 0 Å². The van der Waals surface area contributed by atoms with Crippen LogP contribution in [0.25, 0.3) is 0 Å². The monoisotopic (exact) mass is 1430 g/mol. The molecular formula is C66H91F10NaO11S5. The van der Waals surface area contributed by atoms with E-state index in [2.05, 4.69) is 80.6 Å². The summed E-state index contributed by atoms with van der Waals surface area (Å²) in [5.41, 5.74) is 5.31. The van der Waals surface area contributed by atoms with E-state index in [0.29, 0.717) is 44.0 Å². The van der Waals surface area contributed by atoms with Crippen LogP contribution < -0.4 is 53.6 Å². The predicted molar refractivity (Wildman–Crippen MR) is 349 cm³/mol. The molecule has 4 atom stereocenters. The molecule has 0 aromatic heterocycles. The quantitative estimate of drug-likeness (QED) is 0.0187. The SMILES string of the molecule is CC(=O)SCCCC(F)(F)C(F)(F)F.COc1ccc([C@@]2(C)CSc3cc(OC)ccc3[C@H]2CCCOCCCCCOS(C)(=O)=O)cc1.COc1ccc([C@@]2(C)CSc3cc(OC)ccc3[C@H]2CCCOCCCCCSCCCC(F)(F)C(F)(F)F)cc1.C[O-].[Na+]. The van der Waals surface area contributed by atoms with Gasteiger partial charge in [-0.15, -0.1) is 23.5 Å². The molecule has 0 fully saturated rings. The first-order valence-corrected chi connectivity index (χ1v) is 36.3. The average Bonchev–Trinajstić information content (AvgIpc) is 0.768. The number of hydrogen-bond donors (Lipinski definition) is 0. The fourth-order valence-electron chi connectivity index (χ4n) is 10.5. The Morgan fingerprint density at radius 3 is 1.26 bits per heavy atom. The molecule has 11 nitrogen and oxygen atoms in total. The van der Waals surface area contributed by atoms with Crippen molar-refractivity contribution < 1.29 is 124 Å². The summed E-state index contributed by atoms with van der Waals surface area (Å²) in [7, 11) is 4.18.